The van der Waals surface area contributed by atoms with Gasteiger partial charge in [0.25, 0.3) is 0 Å². The molecule has 5 nitrogen and oxygen atoms in total. The molecule has 0 fully saturated rings. The van der Waals surface area contributed by atoms with Crippen molar-refractivity contribution >= 4 is 10.8 Å². The highest BCUT2D eigenvalue weighted by Gasteiger charge is 2.20. The third kappa shape index (κ3) is 2.52. The number of phenolic OH excluding ortho intramolecular Hbond substituents is 1. The van der Waals surface area contributed by atoms with Crippen LogP contribution in [0.2, 0.25) is 0 Å². The average molecular weight is 251 g/mol. The molecule has 0 aliphatic rings. The number of aromatic hydroxyl groups is 1. The van der Waals surface area contributed by atoms with Crippen LogP contribution in [0.3, 0.4) is 0 Å². The Morgan fingerprint density at radius 1 is 1.41 bits per heavy atom. The van der Waals surface area contributed by atoms with E-state index in [0.717, 1.165) is 5.56 Å². The predicted octanol–water partition coefficient (Wildman–Crippen LogP) is 1.30. The van der Waals surface area contributed by atoms with Gasteiger partial charge in [0.15, 0.2) is 5.37 Å². The SMILES string of the molecule is CCS(=O)C(c1ccc(O)cc1)n1ccnn1. The molecule has 1 N–H and O–H groups in total. The molecule has 0 aliphatic carbocycles. The van der Waals surface area contributed by atoms with Gasteiger partial charge in [-0.1, -0.05) is 24.3 Å². The summed E-state index contributed by atoms with van der Waals surface area (Å²) in [6, 6.07) is 6.64. The van der Waals surface area contributed by atoms with Crippen LogP contribution < -0.4 is 0 Å². The molecule has 1 aromatic heterocycles. The molecule has 2 atom stereocenters. The first-order chi connectivity index (χ1) is 8.22. The molecule has 17 heavy (non-hydrogen) atoms. The molecule has 90 valence electrons. The van der Waals surface area contributed by atoms with E-state index >= 15 is 0 Å². The Bertz CT molecular complexity index is 496. The van der Waals surface area contributed by atoms with Gasteiger partial charge in [-0.15, -0.1) is 5.10 Å². The van der Waals surface area contributed by atoms with Gasteiger partial charge in [0, 0.05) is 11.9 Å². The summed E-state index contributed by atoms with van der Waals surface area (Å²) in [4.78, 5) is 0. The Balaban J connectivity index is 2.40. The van der Waals surface area contributed by atoms with E-state index in [2.05, 4.69) is 10.3 Å². The average Bonchev–Trinajstić information content (AvgIpc) is 2.85. The molecule has 2 rings (SSSR count). The molecule has 0 spiro atoms. The monoisotopic (exact) mass is 251 g/mol. The smallest absolute Gasteiger partial charge is 0.153 e. The summed E-state index contributed by atoms with van der Waals surface area (Å²) in [7, 11) is -1.07. The third-order valence-corrected chi connectivity index (χ3v) is 3.95. The van der Waals surface area contributed by atoms with Gasteiger partial charge in [-0.25, -0.2) is 4.68 Å². The van der Waals surface area contributed by atoms with Gasteiger partial charge < -0.3 is 5.11 Å². The maximum Gasteiger partial charge on any atom is 0.153 e. The van der Waals surface area contributed by atoms with Gasteiger partial charge in [-0.3, -0.25) is 4.21 Å². The normalized spacial score (nSPS) is 14.4. The Morgan fingerprint density at radius 2 is 2.12 bits per heavy atom. The van der Waals surface area contributed by atoms with Gasteiger partial charge in [0.2, 0.25) is 0 Å². The second-order valence-electron chi connectivity index (χ2n) is 3.50. The van der Waals surface area contributed by atoms with E-state index < -0.39 is 10.8 Å². The molecule has 0 bridgehead atoms. The van der Waals surface area contributed by atoms with Crippen molar-refractivity contribution in [3.05, 3.63) is 42.2 Å². The van der Waals surface area contributed by atoms with E-state index in [0.29, 0.717) is 5.75 Å². The molecule has 0 radical (unpaired) electrons. The number of hydrogen-bond donors (Lipinski definition) is 1. The van der Waals surface area contributed by atoms with Crippen LogP contribution in [-0.2, 0) is 10.8 Å². The first-order valence-electron chi connectivity index (χ1n) is 5.24. The zero-order valence-corrected chi connectivity index (χ0v) is 10.2. The van der Waals surface area contributed by atoms with E-state index in [-0.39, 0.29) is 11.1 Å². The van der Waals surface area contributed by atoms with Gasteiger partial charge >= 0.3 is 0 Å². The maximum atomic E-state index is 12.1. The number of rotatable bonds is 4. The van der Waals surface area contributed by atoms with E-state index in [9.17, 15) is 9.32 Å². The third-order valence-electron chi connectivity index (χ3n) is 2.39. The zero-order valence-electron chi connectivity index (χ0n) is 9.35. The van der Waals surface area contributed by atoms with Gasteiger partial charge in [0.05, 0.1) is 17.0 Å². The number of phenols is 1. The first-order valence-corrected chi connectivity index (χ1v) is 6.62. The van der Waals surface area contributed by atoms with Crippen molar-refractivity contribution in [1.82, 2.24) is 15.0 Å². The molecule has 1 aromatic carbocycles. The van der Waals surface area contributed by atoms with Gasteiger partial charge in [-0.2, -0.15) is 0 Å². The van der Waals surface area contributed by atoms with Crippen LogP contribution in [0.5, 0.6) is 5.75 Å². The van der Waals surface area contributed by atoms with Crippen molar-refractivity contribution in [3.63, 3.8) is 0 Å². The fourth-order valence-electron chi connectivity index (χ4n) is 1.56. The molecule has 1 heterocycles. The lowest BCUT2D eigenvalue weighted by Gasteiger charge is -2.16. The summed E-state index contributed by atoms with van der Waals surface area (Å²) in [6.07, 6.45) is 3.24. The lowest BCUT2D eigenvalue weighted by atomic mass is 10.2. The summed E-state index contributed by atoms with van der Waals surface area (Å²) in [5.41, 5.74) is 0.841. The van der Waals surface area contributed by atoms with Crippen LogP contribution in [0.1, 0.15) is 17.9 Å². The standard InChI is InChI=1S/C11H13N3O2S/c1-2-17(16)11(14-8-7-12-13-14)9-3-5-10(15)6-4-9/h3-8,11,15H,2H2,1H3. The summed E-state index contributed by atoms with van der Waals surface area (Å²) < 4.78 is 13.6. The minimum Gasteiger partial charge on any atom is -0.508 e. The van der Waals surface area contributed by atoms with Crippen LogP contribution in [0.15, 0.2) is 36.7 Å². The Morgan fingerprint density at radius 3 is 2.65 bits per heavy atom. The molecular weight excluding hydrogens is 238 g/mol. The highest BCUT2D eigenvalue weighted by atomic mass is 32.2. The lowest BCUT2D eigenvalue weighted by molar-refractivity contribution is 0.474. The van der Waals surface area contributed by atoms with Gasteiger partial charge in [-0.05, 0) is 17.7 Å². The molecular formula is C11H13N3O2S. The van der Waals surface area contributed by atoms with E-state index in [1.807, 2.05) is 6.92 Å². The number of aromatic nitrogens is 3. The molecule has 0 saturated carbocycles. The van der Waals surface area contributed by atoms with Crippen molar-refractivity contribution in [1.29, 1.82) is 0 Å². The van der Waals surface area contributed by atoms with Crippen LogP contribution in [-0.4, -0.2) is 30.1 Å². The Hall–Kier alpha value is -1.69. The fourth-order valence-corrected chi connectivity index (χ4v) is 2.69. The summed E-state index contributed by atoms with van der Waals surface area (Å²) in [5, 5.41) is 16.5. The molecule has 0 aliphatic heterocycles. The molecule has 2 unspecified atom stereocenters. The summed E-state index contributed by atoms with van der Waals surface area (Å²) in [5.74, 6) is 0.721. The second kappa shape index (κ2) is 5.09. The Kier molecular flexibility index (Phi) is 3.53. The summed E-state index contributed by atoms with van der Waals surface area (Å²) in [6.45, 7) is 1.86. The van der Waals surface area contributed by atoms with Gasteiger partial charge in [0.1, 0.15) is 5.75 Å². The second-order valence-corrected chi connectivity index (χ2v) is 5.28. The quantitative estimate of drug-likeness (QED) is 0.889. The van der Waals surface area contributed by atoms with Crippen molar-refractivity contribution in [2.75, 3.05) is 5.75 Å². The fraction of sp³-hybridized carbons (Fsp3) is 0.273. The highest BCUT2D eigenvalue weighted by Crippen LogP contribution is 2.23. The maximum absolute atomic E-state index is 12.1. The number of hydrogen-bond acceptors (Lipinski definition) is 4. The van der Waals surface area contributed by atoms with E-state index in [4.69, 9.17) is 0 Å². The van der Waals surface area contributed by atoms with Crippen molar-refractivity contribution in [2.45, 2.75) is 12.3 Å². The van der Waals surface area contributed by atoms with E-state index in [1.54, 1.807) is 41.3 Å². The van der Waals surface area contributed by atoms with Crippen molar-refractivity contribution in [3.8, 4) is 5.75 Å². The Labute approximate surface area is 102 Å². The van der Waals surface area contributed by atoms with Crippen LogP contribution in [0.4, 0.5) is 0 Å². The minimum atomic E-state index is -1.07. The lowest BCUT2D eigenvalue weighted by Crippen LogP contribution is -2.18. The molecule has 0 saturated heterocycles. The largest absolute Gasteiger partial charge is 0.508 e. The molecule has 6 heteroatoms. The summed E-state index contributed by atoms with van der Waals surface area (Å²) >= 11 is 0. The minimum absolute atomic E-state index is 0.188. The van der Waals surface area contributed by atoms with Crippen LogP contribution in [0.25, 0.3) is 0 Å². The van der Waals surface area contributed by atoms with Crippen LogP contribution >= 0.6 is 0 Å². The topological polar surface area (TPSA) is 68.0 Å². The number of benzene rings is 1. The van der Waals surface area contributed by atoms with Crippen LogP contribution in [0, 0.1) is 0 Å². The highest BCUT2D eigenvalue weighted by molar-refractivity contribution is 7.85. The molecule has 2 aromatic rings. The van der Waals surface area contributed by atoms with E-state index in [1.165, 1.54) is 0 Å². The van der Waals surface area contributed by atoms with Crippen molar-refractivity contribution in [2.24, 2.45) is 0 Å². The predicted molar refractivity (Wildman–Crippen MR) is 65.0 cm³/mol. The number of nitrogens with zero attached hydrogens (tertiary/aromatic N) is 3. The van der Waals surface area contributed by atoms with Crippen molar-refractivity contribution < 1.29 is 9.32 Å². The first kappa shape index (κ1) is 11.8. The zero-order chi connectivity index (χ0) is 12.3. The molecule has 0 amide bonds.